The van der Waals surface area contributed by atoms with Crippen LogP contribution in [0, 0.1) is 0 Å². The summed E-state index contributed by atoms with van der Waals surface area (Å²) in [5.74, 6) is 1.30. The van der Waals surface area contributed by atoms with Crippen molar-refractivity contribution >= 4 is 16.8 Å². The molecule has 5 nitrogen and oxygen atoms in total. The van der Waals surface area contributed by atoms with Gasteiger partial charge in [0.05, 0.1) is 19.7 Å². The SMILES string of the molecule is COc1ccc(CCN(C)C(=O)c2ccc3ccccc3n2)cc1OC. The molecule has 0 aliphatic rings. The maximum absolute atomic E-state index is 12.7. The molecule has 2 aromatic carbocycles. The third kappa shape index (κ3) is 3.77. The number of likely N-dealkylation sites (N-methyl/N-ethyl adjacent to an activating group) is 1. The number of aromatic nitrogens is 1. The predicted molar refractivity (Wildman–Crippen MR) is 102 cm³/mol. The second-order valence-electron chi connectivity index (χ2n) is 6.06. The molecular formula is C21H22N2O3. The fourth-order valence-electron chi connectivity index (χ4n) is 2.82. The summed E-state index contributed by atoms with van der Waals surface area (Å²) in [5.41, 5.74) is 2.36. The Hall–Kier alpha value is -3.08. The molecule has 1 aromatic heterocycles. The Morgan fingerprint density at radius 1 is 1.00 bits per heavy atom. The third-order valence-electron chi connectivity index (χ3n) is 4.35. The van der Waals surface area contributed by atoms with Gasteiger partial charge < -0.3 is 14.4 Å². The highest BCUT2D eigenvalue weighted by molar-refractivity contribution is 5.94. The van der Waals surface area contributed by atoms with Crippen molar-refractivity contribution in [1.29, 1.82) is 0 Å². The molecule has 0 saturated carbocycles. The lowest BCUT2D eigenvalue weighted by atomic mass is 10.1. The van der Waals surface area contributed by atoms with E-state index in [9.17, 15) is 4.79 Å². The van der Waals surface area contributed by atoms with Crippen molar-refractivity contribution in [3.63, 3.8) is 0 Å². The molecule has 0 bridgehead atoms. The van der Waals surface area contributed by atoms with Crippen LogP contribution in [-0.2, 0) is 6.42 Å². The molecule has 26 heavy (non-hydrogen) atoms. The molecule has 1 amide bonds. The molecule has 1 heterocycles. The van der Waals surface area contributed by atoms with Gasteiger partial charge in [0, 0.05) is 19.0 Å². The minimum atomic E-state index is -0.0868. The Labute approximate surface area is 153 Å². The molecule has 0 N–H and O–H groups in total. The molecule has 0 saturated heterocycles. The zero-order chi connectivity index (χ0) is 18.5. The third-order valence-corrected chi connectivity index (χ3v) is 4.35. The molecule has 0 unspecified atom stereocenters. The largest absolute Gasteiger partial charge is 0.493 e. The van der Waals surface area contributed by atoms with E-state index in [1.165, 1.54) is 0 Å². The van der Waals surface area contributed by atoms with Crippen molar-refractivity contribution < 1.29 is 14.3 Å². The number of hydrogen-bond donors (Lipinski definition) is 0. The molecule has 0 atom stereocenters. The van der Waals surface area contributed by atoms with Crippen LogP contribution >= 0.6 is 0 Å². The van der Waals surface area contributed by atoms with Gasteiger partial charge in [-0.05, 0) is 36.2 Å². The first-order valence-corrected chi connectivity index (χ1v) is 8.44. The molecule has 5 heteroatoms. The van der Waals surface area contributed by atoms with E-state index in [4.69, 9.17) is 9.47 Å². The number of carbonyl (C=O) groups excluding carboxylic acids is 1. The molecule has 3 aromatic rings. The van der Waals surface area contributed by atoms with Crippen LogP contribution in [0.3, 0.4) is 0 Å². The topological polar surface area (TPSA) is 51.7 Å². The number of methoxy groups -OCH3 is 2. The number of rotatable bonds is 6. The summed E-state index contributed by atoms with van der Waals surface area (Å²) in [6, 6.07) is 17.3. The second-order valence-corrected chi connectivity index (χ2v) is 6.06. The van der Waals surface area contributed by atoms with E-state index < -0.39 is 0 Å². The van der Waals surface area contributed by atoms with Gasteiger partial charge in [0.1, 0.15) is 5.69 Å². The van der Waals surface area contributed by atoms with Crippen LogP contribution in [-0.4, -0.2) is 43.6 Å². The summed E-state index contributed by atoms with van der Waals surface area (Å²) < 4.78 is 10.6. The second kappa shape index (κ2) is 7.87. The molecule has 0 aliphatic heterocycles. The minimum absolute atomic E-state index is 0.0868. The molecule has 134 valence electrons. The lowest BCUT2D eigenvalue weighted by molar-refractivity contribution is 0.0791. The highest BCUT2D eigenvalue weighted by Crippen LogP contribution is 2.27. The lowest BCUT2D eigenvalue weighted by Crippen LogP contribution is -2.29. The Bertz CT molecular complexity index is 924. The first-order chi connectivity index (χ1) is 12.6. The van der Waals surface area contributed by atoms with Gasteiger partial charge in [0.15, 0.2) is 11.5 Å². The van der Waals surface area contributed by atoms with E-state index >= 15 is 0 Å². The fourth-order valence-corrected chi connectivity index (χ4v) is 2.82. The number of benzene rings is 2. The number of fused-ring (bicyclic) bond motifs is 1. The van der Waals surface area contributed by atoms with E-state index in [1.807, 2.05) is 48.5 Å². The molecule has 0 radical (unpaired) electrons. The van der Waals surface area contributed by atoms with Crippen molar-refractivity contribution in [3.05, 3.63) is 65.9 Å². The van der Waals surface area contributed by atoms with Crippen LogP contribution < -0.4 is 9.47 Å². The van der Waals surface area contributed by atoms with Gasteiger partial charge >= 0.3 is 0 Å². The summed E-state index contributed by atoms with van der Waals surface area (Å²) in [6.07, 6.45) is 0.718. The van der Waals surface area contributed by atoms with E-state index in [2.05, 4.69) is 4.98 Å². The van der Waals surface area contributed by atoms with Crippen LogP contribution in [0.5, 0.6) is 11.5 Å². The maximum Gasteiger partial charge on any atom is 0.272 e. The number of carbonyl (C=O) groups is 1. The Balaban J connectivity index is 1.69. The first kappa shape index (κ1) is 17.7. The summed E-state index contributed by atoms with van der Waals surface area (Å²) in [4.78, 5) is 18.8. The lowest BCUT2D eigenvalue weighted by Gasteiger charge is -2.17. The van der Waals surface area contributed by atoms with Crippen molar-refractivity contribution in [3.8, 4) is 11.5 Å². The van der Waals surface area contributed by atoms with E-state index in [0.29, 0.717) is 23.7 Å². The minimum Gasteiger partial charge on any atom is -0.493 e. The zero-order valence-corrected chi connectivity index (χ0v) is 15.2. The van der Waals surface area contributed by atoms with Crippen molar-refractivity contribution in [2.45, 2.75) is 6.42 Å². The van der Waals surface area contributed by atoms with Crippen molar-refractivity contribution in [2.75, 3.05) is 27.8 Å². The smallest absolute Gasteiger partial charge is 0.272 e. The molecule has 0 aliphatic carbocycles. The average molecular weight is 350 g/mol. The highest BCUT2D eigenvalue weighted by Gasteiger charge is 2.14. The molecule has 0 spiro atoms. The number of amides is 1. The maximum atomic E-state index is 12.7. The van der Waals surface area contributed by atoms with E-state index in [-0.39, 0.29) is 5.91 Å². The first-order valence-electron chi connectivity index (χ1n) is 8.44. The quantitative estimate of drug-likeness (QED) is 0.682. The summed E-state index contributed by atoms with van der Waals surface area (Å²) in [5, 5.41) is 1.03. The van der Waals surface area contributed by atoms with E-state index in [1.54, 1.807) is 32.2 Å². The van der Waals surface area contributed by atoms with Crippen molar-refractivity contribution in [1.82, 2.24) is 9.88 Å². The van der Waals surface area contributed by atoms with Crippen LogP contribution in [0.25, 0.3) is 10.9 Å². The van der Waals surface area contributed by atoms with Crippen molar-refractivity contribution in [2.24, 2.45) is 0 Å². The van der Waals surface area contributed by atoms with Gasteiger partial charge in [-0.25, -0.2) is 4.98 Å². The van der Waals surface area contributed by atoms with Crippen LogP contribution in [0.15, 0.2) is 54.6 Å². The van der Waals surface area contributed by atoms with Crippen LogP contribution in [0.4, 0.5) is 0 Å². The van der Waals surface area contributed by atoms with Gasteiger partial charge in [-0.3, -0.25) is 4.79 Å². The number of nitrogens with zero attached hydrogens (tertiary/aromatic N) is 2. The van der Waals surface area contributed by atoms with Crippen LogP contribution in [0.1, 0.15) is 16.1 Å². The molecule has 3 rings (SSSR count). The standard InChI is InChI=1S/C21H22N2O3/c1-23(13-12-15-8-11-19(25-2)20(14-15)26-3)21(24)18-10-9-16-6-4-5-7-17(16)22-18/h4-11,14H,12-13H2,1-3H3. The predicted octanol–water partition coefficient (Wildman–Crippen LogP) is 3.57. The van der Waals surface area contributed by atoms with Gasteiger partial charge in [0.25, 0.3) is 5.91 Å². The summed E-state index contributed by atoms with van der Waals surface area (Å²) >= 11 is 0. The Morgan fingerprint density at radius 2 is 1.77 bits per heavy atom. The summed E-state index contributed by atoms with van der Waals surface area (Å²) in [7, 11) is 5.02. The Morgan fingerprint density at radius 3 is 2.54 bits per heavy atom. The zero-order valence-electron chi connectivity index (χ0n) is 15.2. The molecule has 0 fully saturated rings. The highest BCUT2D eigenvalue weighted by atomic mass is 16.5. The monoisotopic (exact) mass is 350 g/mol. The van der Waals surface area contributed by atoms with Crippen LogP contribution in [0.2, 0.25) is 0 Å². The number of pyridine rings is 1. The van der Waals surface area contributed by atoms with E-state index in [0.717, 1.165) is 22.9 Å². The summed E-state index contributed by atoms with van der Waals surface area (Å²) in [6.45, 7) is 0.586. The van der Waals surface area contributed by atoms with Gasteiger partial charge in [-0.15, -0.1) is 0 Å². The normalized spacial score (nSPS) is 10.6. The van der Waals surface area contributed by atoms with Gasteiger partial charge in [0.2, 0.25) is 0 Å². The number of para-hydroxylation sites is 1. The fraction of sp³-hybridized carbons (Fsp3) is 0.238. The number of hydrogen-bond acceptors (Lipinski definition) is 4. The Kier molecular flexibility index (Phi) is 5.37. The average Bonchev–Trinajstić information content (AvgIpc) is 2.70. The molecular weight excluding hydrogens is 328 g/mol. The number of ether oxygens (including phenoxy) is 2. The van der Waals surface area contributed by atoms with Gasteiger partial charge in [-0.2, -0.15) is 0 Å². The van der Waals surface area contributed by atoms with Gasteiger partial charge in [-0.1, -0.05) is 30.3 Å².